The molecule has 0 aliphatic carbocycles. The van der Waals surface area contributed by atoms with Crippen molar-refractivity contribution < 1.29 is 4.79 Å². The third-order valence-electron chi connectivity index (χ3n) is 7.03. The fourth-order valence-corrected chi connectivity index (χ4v) is 6.03. The fourth-order valence-electron chi connectivity index (χ4n) is 4.68. The zero-order chi connectivity index (χ0) is 28.1. The molecule has 0 bridgehead atoms. The number of hydrogen-bond donors (Lipinski definition) is 1. The number of H-pyrrole nitrogens is 1. The maximum atomic E-state index is 13.0. The Labute approximate surface area is 236 Å². The van der Waals surface area contributed by atoms with Crippen molar-refractivity contribution in [2.75, 3.05) is 13.1 Å². The van der Waals surface area contributed by atoms with Gasteiger partial charge in [-0.1, -0.05) is 53.1 Å². The molecule has 0 unspecified atom stereocenters. The maximum Gasteiger partial charge on any atom is 0.328 e. The Balaban J connectivity index is 1.32. The van der Waals surface area contributed by atoms with E-state index in [1.807, 2.05) is 11.0 Å². The summed E-state index contributed by atoms with van der Waals surface area (Å²) in [6.45, 7) is 13.9. The van der Waals surface area contributed by atoms with E-state index in [-0.39, 0.29) is 34.9 Å². The van der Waals surface area contributed by atoms with Crippen LogP contribution in [0.25, 0.3) is 22.6 Å². The van der Waals surface area contributed by atoms with Gasteiger partial charge >= 0.3 is 5.69 Å². The summed E-state index contributed by atoms with van der Waals surface area (Å²) in [5, 5.41) is 0.965. The Morgan fingerprint density at radius 2 is 1.82 bits per heavy atom. The summed E-state index contributed by atoms with van der Waals surface area (Å²) in [5.41, 5.74) is 2.83. The zero-order valence-electron chi connectivity index (χ0n) is 23.2. The van der Waals surface area contributed by atoms with Crippen LogP contribution in [0.2, 0.25) is 4.34 Å². The number of rotatable bonds is 4. The standard InChI is InChI=1S/C28H34ClN7O2S/c1-27(2,3)19-14-18(31-25(33-19)28(4,5)6)21-22(29)39-24(34-21)16-9-12-35(13-10-16)20(37)15-36-23-17(32-26(36)38)8-7-11-30-23/h7-8,11,14,16H,9-10,12-13,15H2,1-6H3,(H,32,38). The van der Waals surface area contributed by atoms with Crippen LogP contribution in [0.4, 0.5) is 0 Å². The van der Waals surface area contributed by atoms with Crippen molar-refractivity contribution in [2.24, 2.45) is 0 Å². The van der Waals surface area contributed by atoms with Crippen LogP contribution < -0.4 is 5.69 Å². The highest BCUT2D eigenvalue weighted by Crippen LogP contribution is 2.39. The molecule has 4 aromatic rings. The number of thiazole rings is 1. The van der Waals surface area contributed by atoms with E-state index in [4.69, 9.17) is 26.6 Å². The second-order valence-corrected chi connectivity index (χ2v) is 13.8. The van der Waals surface area contributed by atoms with E-state index in [1.165, 1.54) is 15.9 Å². The number of aromatic amines is 1. The normalized spacial score (nSPS) is 15.3. The SMILES string of the molecule is CC(C)(C)c1cc(-c2nc(C3CCN(C(=O)Cn4c(=O)[nH]c5cccnc54)CC3)sc2Cl)nc(C(C)(C)C)n1. The molecule has 5 rings (SSSR count). The van der Waals surface area contributed by atoms with Gasteiger partial charge in [0.15, 0.2) is 5.65 Å². The first kappa shape index (κ1) is 27.5. The molecule has 0 aromatic carbocycles. The van der Waals surface area contributed by atoms with Crippen LogP contribution in [0.1, 0.15) is 76.8 Å². The number of imidazole rings is 1. The number of hydrogen-bond acceptors (Lipinski definition) is 7. The van der Waals surface area contributed by atoms with Crippen LogP contribution in [-0.4, -0.2) is 53.4 Å². The number of amides is 1. The van der Waals surface area contributed by atoms with Gasteiger partial charge in [-0.3, -0.25) is 9.36 Å². The number of piperidine rings is 1. The molecular formula is C28H34ClN7O2S. The first-order chi connectivity index (χ1) is 18.3. The molecular weight excluding hydrogens is 534 g/mol. The molecule has 0 radical (unpaired) electrons. The summed E-state index contributed by atoms with van der Waals surface area (Å²) < 4.78 is 2.02. The average Bonchev–Trinajstić information content (AvgIpc) is 3.42. The molecule has 1 saturated heterocycles. The second kappa shape index (κ2) is 10.1. The summed E-state index contributed by atoms with van der Waals surface area (Å²) in [7, 11) is 0. The van der Waals surface area contributed by atoms with E-state index in [0.29, 0.717) is 34.3 Å². The van der Waals surface area contributed by atoms with E-state index in [9.17, 15) is 9.59 Å². The number of fused-ring (bicyclic) bond motifs is 1. The van der Waals surface area contributed by atoms with Crippen LogP contribution in [0.5, 0.6) is 0 Å². The van der Waals surface area contributed by atoms with Gasteiger partial charge < -0.3 is 9.88 Å². The molecule has 206 valence electrons. The van der Waals surface area contributed by atoms with Crippen LogP contribution in [0, 0.1) is 0 Å². The summed E-state index contributed by atoms with van der Waals surface area (Å²) in [6.07, 6.45) is 3.17. The van der Waals surface area contributed by atoms with Crippen molar-refractivity contribution in [2.45, 2.75) is 77.7 Å². The Morgan fingerprint density at radius 3 is 2.49 bits per heavy atom. The van der Waals surface area contributed by atoms with Crippen molar-refractivity contribution in [3.8, 4) is 11.4 Å². The molecule has 1 N–H and O–H groups in total. The maximum absolute atomic E-state index is 13.0. The van der Waals surface area contributed by atoms with Gasteiger partial charge in [0.2, 0.25) is 5.91 Å². The van der Waals surface area contributed by atoms with Gasteiger partial charge in [0, 0.05) is 36.0 Å². The van der Waals surface area contributed by atoms with Gasteiger partial charge in [0.25, 0.3) is 0 Å². The number of aromatic nitrogens is 6. The van der Waals surface area contributed by atoms with Crippen molar-refractivity contribution in [1.82, 2.24) is 34.4 Å². The topological polar surface area (TPSA) is 110 Å². The van der Waals surface area contributed by atoms with Crippen molar-refractivity contribution in [3.05, 3.63) is 55.7 Å². The fraction of sp³-hybridized carbons (Fsp3) is 0.500. The number of halogens is 1. The Hall–Kier alpha value is -3.11. The van der Waals surface area contributed by atoms with E-state index in [2.05, 4.69) is 51.5 Å². The number of likely N-dealkylation sites (tertiary alicyclic amines) is 1. The number of pyridine rings is 1. The lowest BCUT2D eigenvalue weighted by atomic mass is 9.89. The predicted molar refractivity (Wildman–Crippen MR) is 154 cm³/mol. The van der Waals surface area contributed by atoms with Crippen molar-refractivity contribution >= 4 is 40.0 Å². The van der Waals surface area contributed by atoms with Crippen LogP contribution in [0.3, 0.4) is 0 Å². The Bertz CT molecular complexity index is 1550. The average molecular weight is 568 g/mol. The molecule has 0 saturated carbocycles. The number of carbonyl (C=O) groups excluding carboxylic acids is 1. The summed E-state index contributed by atoms with van der Waals surface area (Å²) in [4.78, 5) is 48.9. The van der Waals surface area contributed by atoms with Crippen LogP contribution >= 0.6 is 22.9 Å². The smallest absolute Gasteiger partial charge is 0.328 e. The van der Waals surface area contributed by atoms with E-state index in [0.717, 1.165) is 35.1 Å². The minimum atomic E-state index is -0.328. The molecule has 5 heterocycles. The van der Waals surface area contributed by atoms with Gasteiger partial charge in [0.05, 0.1) is 21.9 Å². The molecule has 4 aromatic heterocycles. The van der Waals surface area contributed by atoms with E-state index < -0.39 is 0 Å². The van der Waals surface area contributed by atoms with Gasteiger partial charge in [-0.25, -0.2) is 24.7 Å². The highest BCUT2D eigenvalue weighted by molar-refractivity contribution is 7.16. The van der Waals surface area contributed by atoms with Gasteiger partial charge in [-0.2, -0.15) is 0 Å². The zero-order valence-corrected chi connectivity index (χ0v) is 24.8. The Morgan fingerprint density at radius 1 is 1.10 bits per heavy atom. The third kappa shape index (κ3) is 5.63. The third-order valence-corrected chi connectivity index (χ3v) is 8.45. The number of nitrogens with zero attached hydrogens (tertiary/aromatic N) is 6. The highest BCUT2D eigenvalue weighted by atomic mass is 35.5. The van der Waals surface area contributed by atoms with Crippen molar-refractivity contribution in [3.63, 3.8) is 0 Å². The molecule has 11 heteroatoms. The van der Waals surface area contributed by atoms with Gasteiger partial charge in [-0.05, 0) is 31.0 Å². The molecule has 1 aliphatic rings. The molecule has 1 aliphatic heterocycles. The minimum Gasteiger partial charge on any atom is -0.341 e. The number of nitrogens with one attached hydrogen (secondary N) is 1. The predicted octanol–water partition coefficient (Wildman–Crippen LogP) is 5.29. The molecule has 0 spiro atoms. The van der Waals surface area contributed by atoms with E-state index in [1.54, 1.807) is 18.3 Å². The quantitative estimate of drug-likeness (QED) is 0.359. The largest absolute Gasteiger partial charge is 0.341 e. The monoisotopic (exact) mass is 567 g/mol. The highest BCUT2D eigenvalue weighted by Gasteiger charge is 2.29. The molecule has 1 amide bonds. The lowest BCUT2D eigenvalue weighted by molar-refractivity contribution is -0.132. The lowest BCUT2D eigenvalue weighted by Gasteiger charge is -2.31. The summed E-state index contributed by atoms with van der Waals surface area (Å²) in [6, 6.07) is 5.53. The van der Waals surface area contributed by atoms with Crippen LogP contribution in [0.15, 0.2) is 29.2 Å². The van der Waals surface area contributed by atoms with Gasteiger partial charge in [0.1, 0.15) is 22.4 Å². The number of carbonyl (C=O) groups is 1. The van der Waals surface area contributed by atoms with Crippen molar-refractivity contribution in [1.29, 1.82) is 0 Å². The van der Waals surface area contributed by atoms with Crippen LogP contribution in [-0.2, 0) is 22.2 Å². The molecule has 0 atom stereocenters. The van der Waals surface area contributed by atoms with E-state index >= 15 is 0 Å². The first-order valence-electron chi connectivity index (χ1n) is 13.2. The summed E-state index contributed by atoms with van der Waals surface area (Å²) in [5.74, 6) is 0.881. The first-order valence-corrected chi connectivity index (χ1v) is 14.4. The summed E-state index contributed by atoms with van der Waals surface area (Å²) >= 11 is 8.23. The molecule has 39 heavy (non-hydrogen) atoms. The lowest BCUT2D eigenvalue weighted by Crippen LogP contribution is -2.41. The Kier molecular flexibility index (Phi) is 7.13. The minimum absolute atomic E-state index is 0.0341. The molecule has 1 fully saturated rings. The second-order valence-electron chi connectivity index (χ2n) is 12.2. The molecule has 9 nitrogen and oxygen atoms in total. The van der Waals surface area contributed by atoms with Gasteiger partial charge in [-0.15, -0.1) is 11.3 Å².